The van der Waals surface area contributed by atoms with Crippen LogP contribution >= 0.6 is 0 Å². The summed E-state index contributed by atoms with van der Waals surface area (Å²) in [6, 6.07) is 69.8. The summed E-state index contributed by atoms with van der Waals surface area (Å²) in [6.07, 6.45) is -3.73. The standard InChI is InChI=1S/C28H24F4.C27H22F4.C26H20F4/c1-2-3-4-5-19-6-7-24-17-23(13-12-22(24)16-19)20-8-10-21(11-9-20)25-14-15-26(27(29)18-25)28(30,31)32;1-2-3-4-18-5-6-23-16-22(12-11-21(23)15-18)19-7-9-20(10-8-19)24-13-14-25(26(28)17-24)27(29,30)31;1-2-3-17-4-5-22-15-21(11-10-20(22)14-17)18-6-8-19(9-7-18)23-12-13-24(25(27)16-23)26(28,29)30/h6-18H,2-5H2,1H3;5-17H,2-4H2,1H3;4-16H,2-3H2,1H3. The number of unbranched alkanes of at least 4 members (excludes halogenated alkanes) is 3. The average molecular weight is 1270 g/mol. The van der Waals surface area contributed by atoms with E-state index in [1.54, 1.807) is 36.4 Å². The van der Waals surface area contributed by atoms with Gasteiger partial charge in [-0.1, -0.05) is 228 Å². The molecule has 0 aliphatic heterocycles. The molecule has 0 bridgehead atoms. The van der Waals surface area contributed by atoms with Crippen LogP contribution < -0.4 is 0 Å². The monoisotopic (exact) mass is 1270 g/mol. The second-order valence-corrected chi connectivity index (χ2v) is 23.3. The zero-order valence-corrected chi connectivity index (χ0v) is 51.4. The van der Waals surface area contributed by atoms with Gasteiger partial charge in [-0.25, -0.2) is 13.2 Å². The molecule has 0 nitrogen and oxygen atoms in total. The van der Waals surface area contributed by atoms with Crippen molar-refractivity contribution < 1.29 is 52.7 Å². The summed E-state index contributed by atoms with van der Waals surface area (Å²) in [5.74, 6) is -3.79. The molecule has 0 aromatic heterocycles. The smallest absolute Gasteiger partial charge is 0.206 e. The molecule has 0 aliphatic carbocycles. The Bertz CT molecular complexity index is 4540. The highest BCUT2D eigenvalue weighted by atomic mass is 19.4. The molecule has 0 spiro atoms. The van der Waals surface area contributed by atoms with Gasteiger partial charge in [-0.15, -0.1) is 0 Å². The average Bonchev–Trinajstić information content (AvgIpc) is 0.868. The van der Waals surface area contributed by atoms with Crippen LogP contribution in [0.4, 0.5) is 52.7 Å². The molecule has 0 radical (unpaired) electrons. The van der Waals surface area contributed by atoms with Gasteiger partial charge in [0.2, 0.25) is 0 Å². The van der Waals surface area contributed by atoms with Crippen LogP contribution in [0.3, 0.4) is 0 Å². The molecule has 0 atom stereocenters. The van der Waals surface area contributed by atoms with Crippen molar-refractivity contribution in [3.63, 3.8) is 0 Å². The molecular weight excluding hydrogens is 1200 g/mol. The molecule has 0 saturated heterocycles. The third-order valence-electron chi connectivity index (χ3n) is 16.6. The Labute approximate surface area is 533 Å². The van der Waals surface area contributed by atoms with E-state index >= 15 is 0 Å². The number of rotatable bonds is 15. The Kier molecular flexibility index (Phi) is 20.8. The highest BCUT2D eigenvalue weighted by Crippen LogP contribution is 2.39. The number of fused-ring (bicyclic) bond motifs is 3. The summed E-state index contributed by atoms with van der Waals surface area (Å²) in [5, 5.41) is 7.08. The molecule has 0 amide bonds. The third kappa shape index (κ3) is 16.6. The quantitative estimate of drug-likeness (QED) is 0.0709. The maximum Gasteiger partial charge on any atom is 0.419 e. The van der Waals surface area contributed by atoms with Gasteiger partial charge in [0.1, 0.15) is 17.5 Å². The van der Waals surface area contributed by atoms with Crippen molar-refractivity contribution >= 4 is 32.3 Å². The fourth-order valence-corrected chi connectivity index (χ4v) is 11.5. The zero-order valence-electron chi connectivity index (χ0n) is 51.4. The largest absolute Gasteiger partial charge is 0.419 e. The molecule has 474 valence electrons. The summed E-state index contributed by atoms with van der Waals surface area (Å²) in [5.41, 5.74) is 9.65. The van der Waals surface area contributed by atoms with Gasteiger partial charge >= 0.3 is 18.5 Å². The van der Waals surface area contributed by atoms with Gasteiger partial charge in [-0.3, -0.25) is 0 Å². The normalized spacial score (nSPS) is 11.8. The molecule has 12 heteroatoms. The molecule has 12 aromatic rings. The summed E-state index contributed by atoms with van der Waals surface area (Å²) in [6.45, 7) is 6.55. The SMILES string of the molecule is CCCCCc1ccc2cc(-c3ccc(-c4ccc(C(F)(F)F)c(F)c4)cc3)ccc2c1.CCCCc1ccc2cc(-c3ccc(-c4ccc(C(F)(F)F)c(F)c4)cc3)ccc2c1.CCCc1ccc2cc(-c3ccc(-c4ccc(C(F)(F)F)c(F)c4)cc3)ccc2c1. The lowest BCUT2D eigenvalue weighted by molar-refractivity contribution is -0.140. The van der Waals surface area contributed by atoms with Crippen molar-refractivity contribution in [1.82, 2.24) is 0 Å². The fourth-order valence-electron chi connectivity index (χ4n) is 11.5. The Hall–Kier alpha value is -9.42. The van der Waals surface area contributed by atoms with E-state index < -0.39 is 52.7 Å². The van der Waals surface area contributed by atoms with Crippen LogP contribution in [-0.2, 0) is 37.8 Å². The molecular formula is C81H66F12. The number of alkyl halides is 9. The van der Waals surface area contributed by atoms with Gasteiger partial charge in [0, 0.05) is 0 Å². The van der Waals surface area contributed by atoms with E-state index in [2.05, 4.69) is 130 Å². The summed E-state index contributed by atoms with van der Waals surface area (Å²) < 4.78 is 157. The lowest BCUT2D eigenvalue weighted by atomic mass is 9.96. The predicted molar refractivity (Wildman–Crippen MR) is 355 cm³/mol. The molecule has 0 aliphatic rings. The van der Waals surface area contributed by atoms with Gasteiger partial charge in [-0.2, -0.15) is 39.5 Å². The Morgan fingerprint density at radius 1 is 0.215 bits per heavy atom. The number of aryl methyl sites for hydroxylation is 3. The molecule has 0 unspecified atom stereocenters. The Morgan fingerprint density at radius 3 is 0.699 bits per heavy atom. The van der Waals surface area contributed by atoms with Crippen LogP contribution in [0.5, 0.6) is 0 Å². The van der Waals surface area contributed by atoms with E-state index in [4.69, 9.17) is 0 Å². The number of benzene rings is 12. The molecule has 12 aromatic carbocycles. The van der Waals surface area contributed by atoms with E-state index in [0.717, 1.165) is 112 Å². The van der Waals surface area contributed by atoms with Crippen LogP contribution in [0.15, 0.2) is 237 Å². The second-order valence-electron chi connectivity index (χ2n) is 23.3. The first-order valence-electron chi connectivity index (χ1n) is 31.1. The van der Waals surface area contributed by atoms with Gasteiger partial charge < -0.3 is 0 Å². The van der Waals surface area contributed by atoms with Gasteiger partial charge in [0.15, 0.2) is 0 Å². The molecule has 0 N–H and O–H groups in total. The summed E-state index contributed by atoms with van der Waals surface area (Å²) in [4.78, 5) is 0. The first kappa shape index (κ1) is 66.5. The molecule has 12 rings (SSSR count). The van der Waals surface area contributed by atoms with E-state index in [9.17, 15) is 52.7 Å². The summed E-state index contributed by atoms with van der Waals surface area (Å²) >= 11 is 0. The van der Waals surface area contributed by atoms with Gasteiger partial charge in [0.25, 0.3) is 0 Å². The summed E-state index contributed by atoms with van der Waals surface area (Å²) in [7, 11) is 0. The Balaban J connectivity index is 0.000000153. The van der Waals surface area contributed by atoms with Crippen molar-refractivity contribution in [1.29, 1.82) is 0 Å². The first-order valence-corrected chi connectivity index (χ1v) is 31.1. The van der Waals surface area contributed by atoms with E-state index in [1.807, 2.05) is 36.4 Å². The van der Waals surface area contributed by atoms with Crippen LogP contribution in [0.2, 0.25) is 0 Å². The maximum atomic E-state index is 13.9. The zero-order chi connectivity index (χ0) is 66.0. The minimum atomic E-state index is -4.70. The van der Waals surface area contributed by atoms with E-state index in [1.165, 1.54) is 83.2 Å². The number of hydrogen-bond donors (Lipinski definition) is 0. The second kappa shape index (κ2) is 29.0. The lowest BCUT2D eigenvalue weighted by Crippen LogP contribution is -2.07. The molecule has 0 fully saturated rings. The maximum absolute atomic E-state index is 13.9. The van der Waals surface area contributed by atoms with Crippen molar-refractivity contribution in [2.45, 2.75) is 97.1 Å². The minimum Gasteiger partial charge on any atom is -0.206 e. The number of hydrogen-bond acceptors (Lipinski definition) is 0. The van der Waals surface area contributed by atoms with Crippen molar-refractivity contribution in [3.8, 4) is 66.8 Å². The topological polar surface area (TPSA) is 0 Å². The predicted octanol–water partition coefficient (Wildman–Crippen LogP) is 26.0. The first-order chi connectivity index (χ1) is 44.5. The molecule has 0 heterocycles. The minimum absolute atomic E-state index is 0.411. The highest BCUT2D eigenvalue weighted by molar-refractivity contribution is 5.90. The van der Waals surface area contributed by atoms with Crippen LogP contribution in [0, 0.1) is 17.5 Å². The van der Waals surface area contributed by atoms with Gasteiger partial charge in [0.05, 0.1) is 16.7 Å². The molecule has 93 heavy (non-hydrogen) atoms. The van der Waals surface area contributed by atoms with E-state index in [0.29, 0.717) is 33.4 Å². The van der Waals surface area contributed by atoms with Crippen molar-refractivity contribution in [3.05, 3.63) is 287 Å². The third-order valence-corrected chi connectivity index (χ3v) is 16.6. The van der Waals surface area contributed by atoms with Gasteiger partial charge in [-0.05, 0) is 202 Å². The van der Waals surface area contributed by atoms with E-state index in [-0.39, 0.29) is 0 Å². The van der Waals surface area contributed by atoms with Crippen molar-refractivity contribution in [2.24, 2.45) is 0 Å². The van der Waals surface area contributed by atoms with Crippen LogP contribution in [-0.4, -0.2) is 0 Å². The van der Waals surface area contributed by atoms with Crippen LogP contribution in [0.1, 0.15) is 92.7 Å². The fraction of sp³-hybridized carbons (Fsp3) is 0.185. The number of halogens is 12. The molecule has 0 saturated carbocycles. The lowest BCUT2D eigenvalue weighted by Gasteiger charge is -2.10. The highest BCUT2D eigenvalue weighted by Gasteiger charge is 2.36. The Morgan fingerprint density at radius 2 is 0.441 bits per heavy atom. The van der Waals surface area contributed by atoms with Crippen molar-refractivity contribution in [2.75, 3.05) is 0 Å². The van der Waals surface area contributed by atoms with Crippen LogP contribution in [0.25, 0.3) is 99.1 Å².